The maximum Gasteiger partial charge on any atom is 0.261 e. The summed E-state index contributed by atoms with van der Waals surface area (Å²) in [7, 11) is -4.04. The zero-order chi connectivity index (χ0) is 15.8. The minimum atomic E-state index is -4.04. The van der Waals surface area contributed by atoms with Gasteiger partial charge in [-0.25, -0.2) is 13.4 Å². The number of sulfonamides is 1. The van der Waals surface area contributed by atoms with E-state index in [9.17, 15) is 13.2 Å². The van der Waals surface area contributed by atoms with Crippen LogP contribution < -0.4 is 16.2 Å². The van der Waals surface area contributed by atoms with Gasteiger partial charge in [-0.2, -0.15) is 4.72 Å². The van der Waals surface area contributed by atoms with Crippen molar-refractivity contribution in [1.82, 2.24) is 14.1 Å². The summed E-state index contributed by atoms with van der Waals surface area (Å²) in [5, 5.41) is -0.204. The van der Waals surface area contributed by atoms with Gasteiger partial charge in [0.1, 0.15) is 11.7 Å². The van der Waals surface area contributed by atoms with Crippen molar-refractivity contribution in [3.63, 3.8) is 0 Å². The van der Waals surface area contributed by atoms with Crippen molar-refractivity contribution in [3.8, 4) is 0 Å². The van der Waals surface area contributed by atoms with Gasteiger partial charge in [0.2, 0.25) is 5.91 Å². The van der Waals surface area contributed by atoms with Gasteiger partial charge in [-0.3, -0.25) is 9.20 Å². The van der Waals surface area contributed by atoms with Crippen molar-refractivity contribution in [2.24, 2.45) is 11.7 Å². The fraction of sp³-hybridized carbons (Fsp3) is 0.333. The summed E-state index contributed by atoms with van der Waals surface area (Å²) in [5.74, 6) is -1.18. The van der Waals surface area contributed by atoms with Gasteiger partial charge in [-0.15, -0.1) is 0 Å². The number of rotatable bonds is 5. The average molecular weight is 311 g/mol. The molecule has 0 aromatic carbocycles. The van der Waals surface area contributed by atoms with E-state index < -0.39 is 22.0 Å². The molecule has 2 aromatic rings. The Labute approximate surface area is 122 Å². The second-order valence-corrected chi connectivity index (χ2v) is 6.61. The van der Waals surface area contributed by atoms with E-state index in [-0.39, 0.29) is 16.8 Å². The van der Waals surface area contributed by atoms with Crippen LogP contribution in [0.15, 0.2) is 29.4 Å². The van der Waals surface area contributed by atoms with Crippen LogP contribution in [0.3, 0.4) is 0 Å². The number of nitrogens with one attached hydrogen (secondary N) is 1. The Kier molecular flexibility index (Phi) is 3.88. The minimum Gasteiger partial charge on any atom is -0.381 e. The molecule has 8 nitrogen and oxygen atoms in total. The number of pyridine rings is 1. The Balaban J connectivity index is 2.52. The number of nitrogens with two attached hydrogens (primary N) is 2. The third-order valence-electron chi connectivity index (χ3n) is 3.02. The van der Waals surface area contributed by atoms with Crippen LogP contribution in [-0.2, 0) is 14.8 Å². The van der Waals surface area contributed by atoms with E-state index in [1.807, 2.05) is 0 Å². The Bertz CT molecular complexity index is 781. The normalized spacial score (nSPS) is 13.7. The molecule has 2 aromatic heterocycles. The lowest BCUT2D eigenvalue weighted by Gasteiger charge is -2.18. The number of amides is 1. The van der Waals surface area contributed by atoms with Crippen LogP contribution in [0.5, 0.6) is 0 Å². The van der Waals surface area contributed by atoms with Crippen molar-refractivity contribution in [2.45, 2.75) is 24.9 Å². The molecule has 5 N–H and O–H groups in total. The monoisotopic (exact) mass is 311 g/mol. The summed E-state index contributed by atoms with van der Waals surface area (Å²) in [6.07, 6.45) is 1.53. The van der Waals surface area contributed by atoms with E-state index in [1.165, 1.54) is 10.6 Å². The molecule has 0 aliphatic rings. The third kappa shape index (κ3) is 2.83. The molecule has 0 radical (unpaired) electrons. The van der Waals surface area contributed by atoms with Crippen molar-refractivity contribution >= 4 is 27.4 Å². The standard InChI is InChI=1S/C12H17N5O3S/c1-7(2)9(11(14)18)16-21(19,20)12-10(13)15-8-5-3-4-6-17(8)12/h3-7,9,16H,13H2,1-2H3,(H2,14,18). The molecule has 0 saturated heterocycles. The van der Waals surface area contributed by atoms with Crippen LogP contribution in [0, 0.1) is 5.92 Å². The molecule has 21 heavy (non-hydrogen) atoms. The quantitative estimate of drug-likeness (QED) is 0.697. The fourth-order valence-corrected chi connectivity index (χ4v) is 3.57. The predicted octanol–water partition coefficient (Wildman–Crippen LogP) is -0.295. The van der Waals surface area contributed by atoms with Gasteiger partial charge in [0.25, 0.3) is 10.0 Å². The lowest BCUT2D eigenvalue weighted by atomic mass is 10.1. The Hall–Kier alpha value is -2.13. The highest BCUT2D eigenvalue weighted by Gasteiger charge is 2.30. The molecular weight excluding hydrogens is 294 g/mol. The number of fused-ring (bicyclic) bond motifs is 1. The van der Waals surface area contributed by atoms with Crippen molar-refractivity contribution in [1.29, 1.82) is 0 Å². The number of nitrogen functional groups attached to an aromatic ring is 1. The van der Waals surface area contributed by atoms with E-state index in [1.54, 1.807) is 32.0 Å². The molecule has 0 fully saturated rings. The van der Waals surface area contributed by atoms with E-state index >= 15 is 0 Å². The van der Waals surface area contributed by atoms with Crippen molar-refractivity contribution < 1.29 is 13.2 Å². The predicted molar refractivity (Wildman–Crippen MR) is 77.7 cm³/mol. The van der Waals surface area contributed by atoms with Gasteiger partial charge in [-0.1, -0.05) is 19.9 Å². The highest BCUT2D eigenvalue weighted by atomic mass is 32.2. The number of aromatic nitrogens is 2. The fourth-order valence-electron chi connectivity index (χ4n) is 2.00. The summed E-state index contributed by atoms with van der Waals surface area (Å²) < 4.78 is 28.6. The number of nitrogens with zero attached hydrogens (tertiary/aromatic N) is 2. The zero-order valence-electron chi connectivity index (χ0n) is 11.6. The maximum absolute atomic E-state index is 12.5. The number of carbonyl (C=O) groups excluding carboxylic acids is 1. The lowest BCUT2D eigenvalue weighted by Crippen LogP contribution is -2.47. The van der Waals surface area contributed by atoms with E-state index in [4.69, 9.17) is 11.5 Å². The van der Waals surface area contributed by atoms with Crippen LogP contribution in [0.4, 0.5) is 5.82 Å². The van der Waals surface area contributed by atoms with Crippen LogP contribution >= 0.6 is 0 Å². The highest BCUT2D eigenvalue weighted by Crippen LogP contribution is 2.20. The number of carbonyl (C=O) groups is 1. The second kappa shape index (κ2) is 5.34. The van der Waals surface area contributed by atoms with E-state index in [0.29, 0.717) is 5.65 Å². The first-order valence-corrected chi connectivity index (χ1v) is 7.76. The van der Waals surface area contributed by atoms with Crippen LogP contribution in [0.25, 0.3) is 5.65 Å². The molecule has 1 amide bonds. The molecule has 0 saturated carbocycles. The van der Waals surface area contributed by atoms with Gasteiger partial charge in [-0.05, 0) is 18.1 Å². The van der Waals surface area contributed by atoms with E-state index in [0.717, 1.165) is 0 Å². The first kappa shape index (κ1) is 15.3. The summed E-state index contributed by atoms with van der Waals surface area (Å²) in [6, 6.07) is 3.97. The Morgan fingerprint density at radius 2 is 2.05 bits per heavy atom. The molecule has 0 bridgehead atoms. The molecule has 0 aliphatic carbocycles. The average Bonchev–Trinajstić information content (AvgIpc) is 2.71. The largest absolute Gasteiger partial charge is 0.381 e. The third-order valence-corrected chi connectivity index (χ3v) is 4.50. The van der Waals surface area contributed by atoms with Crippen LogP contribution in [0.2, 0.25) is 0 Å². The van der Waals surface area contributed by atoms with Crippen molar-refractivity contribution in [2.75, 3.05) is 5.73 Å². The van der Waals surface area contributed by atoms with Gasteiger partial charge < -0.3 is 11.5 Å². The summed E-state index contributed by atoms with van der Waals surface area (Å²) in [5.41, 5.74) is 11.3. The molecule has 0 spiro atoms. The zero-order valence-corrected chi connectivity index (χ0v) is 12.5. The summed E-state index contributed by atoms with van der Waals surface area (Å²) >= 11 is 0. The molecule has 9 heteroatoms. The molecule has 1 atom stereocenters. The number of hydrogen-bond donors (Lipinski definition) is 3. The first-order valence-electron chi connectivity index (χ1n) is 6.28. The second-order valence-electron chi connectivity index (χ2n) is 4.98. The topological polar surface area (TPSA) is 133 Å². The van der Waals surface area contributed by atoms with Gasteiger partial charge in [0.15, 0.2) is 10.8 Å². The summed E-state index contributed by atoms with van der Waals surface area (Å²) in [4.78, 5) is 15.4. The number of hydrogen-bond acceptors (Lipinski definition) is 5. The molecule has 114 valence electrons. The van der Waals surface area contributed by atoms with Crippen LogP contribution in [-0.4, -0.2) is 29.8 Å². The number of primary amides is 1. The molecule has 2 rings (SSSR count). The first-order chi connectivity index (χ1) is 9.74. The number of imidazole rings is 1. The molecule has 0 aliphatic heterocycles. The van der Waals surface area contributed by atoms with Gasteiger partial charge >= 0.3 is 0 Å². The molecular formula is C12H17N5O3S. The Morgan fingerprint density at radius 3 is 2.62 bits per heavy atom. The SMILES string of the molecule is CC(C)C(NS(=O)(=O)c1c(N)nc2ccccn12)C(N)=O. The molecule has 2 heterocycles. The maximum atomic E-state index is 12.5. The smallest absolute Gasteiger partial charge is 0.261 e. The lowest BCUT2D eigenvalue weighted by molar-refractivity contribution is -0.120. The van der Waals surface area contributed by atoms with Crippen molar-refractivity contribution in [3.05, 3.63) is 24.4 Å². The summed E-state index contributed by atoms with van der Waals surface area (Å²) in [6.45, 7) is 3.38. The van der Waals surface area contributed by atoms with Gasteiger partial charge in [0.05, 0.1) is 0 Å². The molecule has 1 unspecified atom stereocenters. The Morgan fingerprint density at radius 1 is 1.38 bits per heavy atom. The van der Waals surface area contributed by atoms with Crippen LogP contribution in [0.1, 0.15) is 13.8 Å². The van der Waals surface area contributed by atoms with E-state index in [2.05, 4.69) is 9.71 Å². The van der Waals surface area contributed by atoms with Gasteiger partial charge in [0, 0.05) is 6.20 Å². The number of anilines is 1. The highest BCUT2D eigenvalue weighted by molar-refractivity contribution is 7.89. The minimum absolute atomic E-state index is 0.138.